The Balaban J connectivity index is 0.00000220. The molecule has 0 aliphatic carbocycles. The SMILES string of the molecule is CNCCC1CCN(Cc2ccc(OC)cc2Cl)CC1.Cl. The van der Waals surface area contributed by atoms with Gasteiger partial charge in [-0.15, -0.1) is 12.4 Å². The third-order valence-electron chi connectivity index (χ3n) is 4.16. The topological polar surface area (TPSA) is 24.5 Å². The Morgan fingerprint density at radius 2 is 2.05 bits per heavy atom. The fourth-order valence-electron chi connectivity index (χ4n) is 2.81. The first-order valence-corrected chi connectivity index (χ1v) is 7.80. The van der Waals surface area contributed by atoms with E-state index in [9.17, 15) is 0 Å². The summed E-state index contributed by atoms with van der Waals surface area (Å²) in [5, 5.41) is 4.05. The summed E-state index contributed by atoms with van der Waals surface area (Å²) < 4.78 is 5.19. The van der Waals surface area contributed by atoms with Crippen molar-refractivity contribution < 1.29 is 4.74 Å². The second-order valence-electron chi connectivity index (χ2n) is 5.57. The molecular weight excluding hydrogens is 307 g/mol. The summed E-state index contributed by atoms with van der Waals surface area (Å²) in [6, 6.07) is 5.96. The Kier molecular flexibility index (Phi) is 8.42. The van der Waals surface area contributed by atoms with Crippen LogP contribution in [0.4, 0.5) is 0 Å². The van der Waals surface area contributed by atoms with Crippen LogP contribution in [0.15, 0.2) is 18.2 Å². The zero-order valence-electron chi connectivity index (χ0n) is 12.9. The van der Waals surface area contributed by atoms with Crippen LogP contribution in [0.25, 0.3) is 0 Å². The molecule has 1 N–H and O–H groups in total. The second-order valence-corrected chi connectivity index (χ2v) is 5.98. The Labute approximate surface area is 139 Å². The molecule has 1 heterocycles. The van der Waals surface area contributed by atoms with Gasteiger partial charge in [0, 0.05) is 11.6 Å². The molecule has 1 aliphatic rings. The number of ether oxygens (including phenoxy) is 1. The van der Waals surface area contributed by atoms with E-state index in [1.165, 1.54) is 37.9 Å². The van der Waals surface area contributed by atoms with E-state index in [0.717, 1.165) is 29.8 Å². The van der Waals surface area contributed by atoms with Crippen LogP contribution < -0.4 is 10.1 Å². The molecule has 5 heteroatoms. The van der Waals surface area contributed by atoms with Crippen LogP contribution in [-0.2, 0) is 6.54 Å². The van der Waals surface area contributed by atoms with Crippen LogP contribution in [0.2, 0.25) is 5.02 Å². The van der Waals surface area contributed by atoms with Crippen LogP contribution >= 0.6 is 24.0 Å². The van der Waals surface area contributed by atoms with E-state index in [2.05, 4.69) is 16.3 Å². The number of piperidine rings is 1. The molecule has 0 saturated carbocycles. The van der Waals surface area contributed by atoms with Crippen molar-refractivity contribution >= 4 is 24.0 Å². The van der Waals surface area contributed by atoms with Gasteiger partial charge in [-0.25, -0.2) is 0 Å². The van der Waals surface area contributed by atoms with Gasteiger partial charge in [0.15, 0.2) is 0 Å². The van der Waals surface area contributed by atoms with Crippen molar-refractivity contribution in [2.45, 2.75) is 25.8 Å². The number of halogens is 2. The first kappa shape index (κ1) is 18.6. The lowest BCUT2D eigenvalue weighted by molar-refractivity contribution is 0.172. The van der Waals surface area contributed by atoms with Crippen molar-refractivity contribution in [3.05, 3.63) is 28.8 Å². The van der Waals surface area contributed by atoms with Gasteiger partial charge < -0.3 is 10.1 Å². The molecule has 0 amide bonds. The summed E-state index contributed by atoms with van der Waals surface area (Å²) in [6.45, 7) is 4.43. The molecular formula is C16H26Cl2N2O. The number of nitrogens with zero attached hydrogens (tertiary/aromatic N) is 1. The summed E-state index contributed by atoms with van der Waals surface area (Å²) in [6.07, 6.45) is 3.90. The Hall–Kier alpha value is -0.480. The van der Waals surface area contributed by atoms with E-state index < -0.39 is 0 Å². The molecule has 3 nitrogen and oxygen atoms in total. The molecule has 21 heavy (non-hydrogen) atoms. The minimum Gasteiger partial charge on any atom is -0.497 e. The van der Waals surface area contributed by atoms with Crippen molar-refractivity contribution in [1.29, 1.82) is 0 Å². The number of nitrogens with one attached hydrogen (secondary N) is 1. The van der Waals surface area contributed by atoms with E-state index in [1.54, 1.807) is 7.11 Å². The number of methoxy groups -OCH3 is 1. The molecule has 0 spiro atoms. The smallest absolute Gasteiger partial charge is 0.120 e. The molecule has 1 fully saturated rings. The Morgan fingerprint density at radius 1 is 1.33 bits per heavy atom. The molecule has 0 radical (unpaired) electrons. The number of rotatable bonds is 6. The van der Waals surface area contributed by atoms with E-state index in [0.29, 0.717) is 0 Å². The number of likely N-dealkylation sites (tertiary alicyclic amines) is 1. The van der Waals surface area contributed by atoms with Gasteiger partial charge in [-0.2, -0.15) is 0 Å². The first-order valence-electron chi connectivity index (χ1n) is 7.42. The van der Waals surface area contributed by atoms with Gasteiger partial charge in [0.1, 0.15) is 5.75 Å². The van der Waals surface area contributed by atoms with Gasteiger partial charge in [-0.1, -0.05) is 17.7 Å². The summed E-state index contributed by atoms with van der Waals surface area (Å²) in [5.41, 5.74) is 1.20. The van der Waals surface area contributed by atoms with E-state index >= 15 is 0 Å². The number of benzene rings is 1. The Bertz CT molecular complexity index is 421. The molecule has 1 aliphatic heterocycles. The average molecular weight is 333 g/mol. The van der Waals surface area contributed by atoms with Crippen LogP contribution in [-0.4, -0.2) is 38.7 Å². The largest absolute Gasteiger partial charge is 0.497 e. The molecule has 1 aromatic rings. The predicted molar refractivity (Wildman–Crippen MR) is 91.8 cm³/mol. The fraction of sp³-hybridized carbons (Fsp3) is 0.625. The highest BCUT2D eigenvalue weighted by molar-refractivity contribution is 6.31. The quantitative estimate of drug-likeness (QED) is 0.861. The number of hydrogen-bond donors (Lipinski definition) is 1. The van der Waals surface area contributed by atoms with Crippen LogP contribution in [0.1, 0.15) is 24.8 Å². The normalized spacial score (nSPS) is 16.5. The van der Waals surface area contributed by atoms with E-state index in [4.69, 9.17) is 16.3 Å². The lowest BCUT2D eigenvalue weighted by Crippen LogP contribution is -2.34. The highest BCUT2D eigenvalue weighted by Gasteiger charge is 2.19. The standard InChI is InChI=1S/C16H25ClN2O.ClH/c1-18-8-5-13-6-9-19(10-7-13)12-14-3-4-15(20-2)11-16(14)17;/h3-4,11,13,18H,5-10,12H2,1-2H3;1H. The average Bonchev–Trinajstić information content (AvgIpc) is 2.48. The predicted octanol–water partition coefficient (Wildman–Crippen LogP) is 3.59. The van der Waals surface area contributed by atoms with E-state index in [-0.39, 0.29) is 12.4 Å². The van der Waals surface area contributed by atoms with Gasteiger partial charge in [0.25, 0.3) is 0 Å². The zero-order chi connectivity index (χ0) is 14.4. The lowest BCUT2D eigenvalue weighted by atomic mass is 9.93. The lowest BCUT2D eigenvalue weighted by Gasteiger charge is -2.32. The maximum Gasteiger partial charge on any atom is 0.120 e. The van der Waals surface area contributed by atoms with Gasteiger partial charge in [-0.3, -0.25) is 4.90 Å². The van der Waals surface area contributed by atoms with Crippen molar-refractivity contribution in [3.63, 3.8) is 0 Å². The molecule has 2 rings (SSSR count). The second kappa shape index (κ2) is 9.52. The first-order chi connectivity index (χ1) is 9.72. The summed E-state index contributed by atoms with van der Waals surface area (Å²) >= 11 is 6.31. The molecule has 1 aromatic carbocycles. The zero-order valence-corrected chi connectivity index (χ0v) is 14.5. The maximum absolute atomic E-state index is 6.31. The molecule has 1 saturated heterocycles. The highest BCUT2D eigenvalue weighted by Crippen LogP contribution is 2.26. The monoisotopic (exact) mass is 332 g/mol. The molecule has 0 unspecified atom stereocenters. The minimum atomic E-state index is 0. The van der Waals surface area contributed by atoms with Crippen LogP contribution in [0.5, 0.6) is 5.75 Å². The highest BCUT2D eigenvalue weighted by atomic mass is 35.5. The van der Waals surface area contributed by atoms with E-state index in [1.807, 2.05) is 19.2 Å². The van der Waals surface area contributed by atoms with Gasteiger partial charge in [0.05, 0.1) is 7.11 Å². The summed E-state index contributed by atoms with van der Waals surface area (Å²) in [4.78, 5) is 2.50. The summed E-state index contributed by atoms with van der Waals surface area (Å²) in [7, 11) is 3.70. The van der Waals surface area contributed by atoms with Crippen LogP contribution in [0, 0.1) is 5.92 Å². The van der Waals surface area contributed by atoms with Crippen molar-refractivity contribution in [1.82, 2.24) is 10.2 Å². The number of hydrogen-bond acceptors (Lipinski definition) is 3. The van der Waals surface area contributed by atoms with Gasteiger partial charge >= 0.3 is 0 Å². The molecule has 0 atom stereocenters. The maximum atomic E-state index is 6.31. The van der Waals surface area contributed by atoms with Crippen LogP contribution in [0.3, 0.4) is 0 Å². The third-order valence-corrected chi connectivity index (χ3v) is 4.52. The Morgan fingerprint density at radius 3 is 2.62 bits per heavy atom. The summed E-state index contributed by atoms with van der Waals surface area (Å²) in [5.74, 6) is 1.70. The van der Waals surface area contributed by atoms with Crippen molar-refractivity contribution in [3.8, 4) is 5.75 Å². The van der Waals surface area contributed by atoms with Crippen molar-refractivity contribution in [2.75, 3.05) is 33.8 Å². The third kappa shape index (κ3) is 5.67. The van der Waals surface area contributed by atoms with Crippen molar-refractivity contribution in [2.24, 2.45) is 5.92 Å². The minimum absolute atomic E-state index is 0. The van der Waals surface area contributed by atoms with Gasteiger partial charge in [0.2, 0.25) is 0 Å². The van der Waals surface area contributed by atoms with Gasteiger partial charge in [-0.05, 0) is 69.6 Å². The molecule has 120 valence electrons. The molecule has 0 bridgehead atoms. The molecule has 0 aromatic heterocycles. The fourth-order valence-corrected chi connectivity index (χ4v) is 3.04.